The number of carboxylic acid groups (broad SMARTS) is 1. The molecule has 58 heavy (non-hydrogen) atoms. The lowest BCUT2D eigenvalue weighted by Gasteiger charge is -2.71. The highest BCUT2D eigenvalue weighted by Gasteiger charge is 2.72. The van der Waals surface area contributed by atoms with E-state index < -0.39 is 119 Å². The first-order chi connectivity index (χ1) is 27.0. The van der Waals surface area contributed by atoms with Gasteiger partial charge in [0.25, 0.3) is 0 Å². The van der Waals surface area contributed by atoms with E-state index in [1.165, 1.54) is 0 Å². The molecule has 0 aromatic rings. The summed E-state index contributed by atoms with van der Waals surface area (Å²) in [4.78, 5) is 39.7. The van der Waals surface area contributed by atoms with Crippen molar-refractivity contribution in [2.45, 2.75) is 172 Å². The molecular formula is C42H64O16. The van der Waals surface area contributed by atoms with Gasteiger partial charge in [-0.3, -0.25) is 4.79 Å². The number of carbonyl (C=O) groups excluding carboxylic acids is 2. The summed E-state index contributed by atoms with van der Waals surface area (Å²) in [6, 6.07) is 0. The maximum absolute atomic E-state index is 14.6. The summed E-state index contributed by atoms with van der Waals surface area (Å²) in [6.45, 7) is 11.6. The highest BCUT2D eigenvalue weighted by molar-refractivity contribution is 5.79. The fourth-order valence-electron chi connectivity index (χ4n) is 13.6. The molecule has 2 saturated heterocycles. The molecule has 4 saturated carbocycles. The van der Waals surface area contributed by atoms with Crippen molar-refractivity contribution < 1.29 is 79.3 Å². The number of rotatable bonds is 7. The van der Waals surface area contributed by atoms with Crippen molar-refractivity contribution in [3.8, 4) is 0 Å². The number of esters is 1. The summed E-state index contributed by atoms with van der Waals surface area (Å²) >= 11 is 0. The van der Waals surface area contributed by atoms with Crippen molar-refractivity contribution in [1.82, 2.24) is 0 Å². The van der Waals surface area contributed by atoms with E-state index in [9.17, 15) is 60.3 Å². The Kier molecular flexibility index (Phi) is 11.2. The summed E-state index contributed by atoms with van der Waals surface area (Å²) < 4.78 is 23.2. The zero-order chi connectivity index (χ0) is 42.7. The van der Waals surface area contributed by atoms with Crippen LogP contribution in [0.25, 0.3) is 0 Å². The number of aliphatic carboxylic acids is 1. The highest BCUT2D eigenvalue weighted by Crippen LogP contribution is 2.76. The van der Waals surface area contributed by atoms with Crippen LogP contribution in [-0.4, -0.2) is 144 Å². The number of carbonyl (C=O) groups is 3. The molecule has 2 aliphatic heterocycles. The van der Waals surface area contributed by atoms with Gasteiger partial charge in [-0.1, -0.05) is 46.3 Å². The van der Waals surface area contributed by atoms with Crippen molar-refractivity contribution in [3.05, 3.63) is 11.6 Å². The van der Waals surface area contributed by atoms with Crippen molar-refractivity contribution in [3.63, 3.8) is 0 Å². The molecular weight excluding hydrogens is 760 g/mol. The van der Waals surface area contributed by atoms with Crippen molar-refractivity contribution >= 4 is 18.2 Å². The van der Waals surface area contributed by atoms with Gasteiger partial charge in [0.05, 0.1) is 29.1 Å². The molecule has 21 atom stereocenters. The lowest BCUT2D eigenvalue weighted by atomic mass is 9.33. The first-order valence-corrected chi connectivity index (χ1v) is 21.0. The summed E-state index contributed by atoms with van der Waals surface area (Å²) in [5.41, 5.74) is -3.93. The summed E-state index contributed by atoms with van der Waals surface area (Å²) in [7, 11) is 0. The number of carboxylic acids is 1. The molecule has 7 rings (SSSR count). The minimum Gasteiger partial charge on any atom is -0.479 e. The van der Waals surface area contributed by atoms with Crippen LogP contribution in [0, 0.1) is 50.7 Å². The molecule has 5 aliphatic carbocycles. The first kappa shape index (κ1) is 44.0. The van der Waals surface area contributed by atoms with Gasteiger partial charge in [-0.25, -0.2) is 4.79 Å². The predicted octanol–water partition coefficient (Wildman–Crippen LogP) is 0.558. The summed E-state index contributed by atoms with van der Waals surface area (Å²) in [5, 5.41) is 94.9. The van der Waals surface area contributed by atoms with Gasteiger partial charge in [0, 0.05) is 5.92 Å². The fourth-order valence-corrected chi connectivity index (χ4v) is 13.6. The van der Waals surface area contributed by atoms with Crippen molar-refractivity contribution in [2.75, 3.05) is 6.61 Å². The van der Waals surface area contributed by atoms with Crippen LogP contribution in [0.5, 0.6) is 0 Å². The van der Waals surface area contributed by atoms with E-state index in [-0.39, 0.29) is 23.2 Å². The van der Waals surface area contributed by atoms with Crippen LogP contribution >= 0.6 is 0 Å². The Hall–Kier alpha value is -2.09. The van der Waals surface area contributed by atoms with Gasteiger partial charge in [-0.05, 0) is 98.7 Å². The Labute approximate surface area is 338 Å². The molecule has 7 aliphatic rings. The molecule has 0 amide bonds. The quantitative estimate of drug-likeness (QED) is 0.0735. The molecule has 16 heteroatoms. The molecule has 16 nitrogen and oxygen atoms in total. The predicted molar refractivity (Wildman–Crippen MR) is 200 cm³/mol. The van der Waals surface area contributed by atoms with Gasteiger partial charge in [0.1, 0.15) is 49.0 Å². The molecule has 0 aromatic heterocycles. The minimum atomic E-state index is -1.88. The summed E-state index contributed by atoms with van der Waals surface area (Å²) in [6.07, 6.45) is -9.86. The monoisotopic (exact) mass is 824 g/mol. The molecule has 2 heterocycles. The SMILES string of the molecule is C[C@@H]1CC[C@]2(C(=O)O[C@@H]3O[C@H](CO)[C@@H](O)[C@H](O)[C@H]3O)CC[C@]3(C)C(=CC[C@@H]4[C@@]5(C)CC[C@H](O[C@@H]6O[C@H](C(=O)O)[C@@H](O)[C@H](O)[C@H]6O)[C@](C)(C=O)[C@@H]5CC[C@]43C)[C@@H]2[C@]1(C)O. The Balaban J connectivity index is 1.20. The molecule has 0 aromatic carbocycles. The Morgan fingerprint density at radius 1 is 0.810 bits per heavy atom. The van der Waals surface area contributed by atoms with Crippen LogP contribution in [0.2, 0.25) is 0 Å². The minimum absolute atomic E-state index is 0.0529. The van der Waals surface area contributed by atoms with E-state index in [0.717, 1.165) is 11.9 Å². The number of aliphatic hydroxyl groups excluding tert-OH is 7. The van der Waals surface area contributed by atoms with Crippen LogP contribution in [0.15, 0.2) is 11.6 Å². The van der Waals surface area contributed by atoms with Crippen LogP contribution in [-0.2, 0) is 33.3 Å². The normalized spacial score (nSPS) is 55.4. The van der Waals surface area contributed by atoms with Crippen LogP contribution in [0.3, 0.4) is 0 Å². The van der Waals surface area contributed by atoms with Crippen LogP contribution in [0.4, 0.5) is 0 Å². The van der Waals surface area contributed by atoms with Crippen LogP contribution in [0.1, 0.15) is 99.3 Å². The van der Waals surface area contributed by atoms with Crippen molar-refractivity contribution in [1.29, 1.82) is 0 Å². The topological polar surface area (TPSA) is 270 Å². The first-order valence-electron chi connectivity index (χ1n) is 21.0. The second kappa shape index (κ2) is 14.8. The third-order valence-corrected chi connectivity index (χ3v) is 17.6. The smallest absolute Gasteiger partial charge is 0.335 e. The third kappa shape index (κ3) is 6.05. The summed E-state index contributed by atoms with van der Waals surface area (Å²) in [5.74, 6) is -3.20. The zero-order valence-corrected chi connectivity index (χ0v) is 34.3. The Bertz CT molecular complexity index is 1650. The largest absolute Gasteiger partial charge is 0.479 e. The molecule has 0 bridgehead atoms. The van der Waals surface area contributed by atoms with Gasteiger partial charge in [0.2, 0.25) is 6.29 Å². The highest BCUT2D eigenvalue weighted by atomic mass is 16.7. The molecule has 0 unspecified atom stereocenters. The average molecular weight is 825 g/mol. The number of fused-ring (bicyclic) bond motifs is 7. The van der Waals surface area contributed by atoms with E-state index >= 15 is 0 Å². The molecule has 328 valence electrons. The van der Waals surface area contributed by atoms with Gasteiger partial charge in [-0.2, -0.15) is 0 Å². The number of aldehydes is 1. The number of hydrogen-bond donors (Lipinski definition) is 9. The van der Waals surface area contributed by atoms with Gasteiger partial charge >= 0.3 is 11.9 Å². The molecule has 0 spiro atoms. The van der Waals surface area contributed by atoms with Crippen molar-refractivity contribution in [2.24, 2.45) is 50.7 Å². The number of aliphatic hydroxyl groups is 8. The standard InChI is InChI=1S/C42H64O16/c1-19-9-14-42(36(53)58-34-29(49)26(46)25(45)21(17-43)55-34)16-15-39(4)20(32(42)41(19,6)54)7-8-23-37(2)12-11-24(38(3,18-44)22(37)10-13-40(23,39)5)56-35-30(50)27(47)28(48)31(57-35)33(51)52/h7,18-19,21-32,34-35,43,45-50,54H,8-17H2,1-6H3,(H,51,52)/t19-,21-,22-,23-,24+,25-,26+,27+,28+,29-,30-,31+,32-,34+,35-,37+,38-,39-,40-,41-,42+/m1/s1. The van der Waals surface area contributed by atoms with E-state index in [4.69, 9.17) is 18.9 Å². The fraction of sp³-hybridized carbons (Fsp3) is 0.881. The number of allylic oxidation sites excluding steroid dienone is 1. The van der Waals surface area contributed by atoms with E-state index in [0.29, 0.717) is 57.8 Å². The number of hydrogen-bond acceptors (Lipinski definition) is 15. The molecule has 9 N–H and O–H groups in total. The Morgan fingerprint density at radius 3 is 2.10 bits per heavy atom. The second-order valence-corrected chi connectivity index (χ2v) is 20.0. The second-order valence-electron chi connectivity index (χ2n) is 20.0. The average Bonchev–Trinajstić information content (AvgIpc) is 3.17. The van der Waals surface area contributed by atoms with Gasteiger partial charge < -0.3 is 69.7 Å². The third-order valence-electron chi connectivity index (χ3n) is 17.6. The van der Waals surface area contributed by atoms with E-state index in [1.807, 2.05) is 13.8 Å². The van der Waals surface area contributed by atoms with E-state index in [1.54, 1.807) is 6.92 Å². The maximum Gasteiger partial charge on any atom is 0.335 e. The lowest BCUT2D eigenvalue weighted by molar-refractivity contribution is -0.321. The van der Waals surface area contributed by atoms with E-state index in [2.05, 4.69) is 26.8 Å². The number of ether oxygens (including phenoxy) is 4. The maximum atomic E-state index is 14.6. The van der Waals surface area contributed by atoms with Gasteiger partial charge in [0.15, 0.2) is 12.4 Å². The van der Waals surface area contributed by atoms with Crippen LogP contribution < -0.4 is 0 Å². The van der Waals surface area contributed by atoms with Gasteiger partial charge in [-0.15, -0.1) is 0 Å². The molecule has 0 radical (unpaired) electrons. The zero-order valence-electron chi connectivity index (χ0n) is 34.3. The lowest BCUT2D eigenvalue weighted by Crippen LogP contribution is -2.69. The molecule has 6 fully saturated rings. The Morgan fingerprint density at radius 2 is 1.47 bits per heavy atom.